The Balaban J connectivity index is 0.00000205. The second-order valence-corrected chi connectivity index (χ2v) is 6.64. The number of para-hydroxylation sites is 2. The summed E-state index contributed by atoms with van der Waals surface area (Å²) in [4.78, 5) is 9.61. The fourth-order valence-corrected chi connectivity index (χ4v) is 3.45. The first-order valence-electron chi connectivity index (χ1n) is 8.98. The van der Waals surface area contributed by atoms with Gasteiger partial charge in [-0.15, -0.1) is 0 Å². The van der Waals surface area contributed by atoms with Crippen molar-refractivity contribution in [3.05, 3.63) is 84.9 Å². The third-order valence-corrected chi connectivity index (χ3v) is 4.88. The number of fused-ring (bicyclic) bond motifs is 3. The summed E-state index contributed by atoms with van der Waals surface area (Å²) in [6.45, 7) is 0. The van der Waals surface area contributed by atoms with E-state index in [1.807, 2.05) is 60.7 Å². The third-order valence-electron chi connectivity index (χ3n) is 4.88. The molecule has 29 heavy (non-hydrogen) atoms. The monoisotopic (exact) mass is 559 g/mol. The molecule has 0 aliphatic rings. The van der Waals surface area contributed by atoms with Crippen molar-refractivity contribution in [3.63, 3.8) is 0 Å². The average Bonchev–Trinajstić information content (AvgIpc) is 2.74. The van der Waals surface area contributed by atoms with Gasteiger partial charge in [0.05, 0.1) is 22.4 Å². The predicted molar refractivity (Wildman–Crippen MR) is 111 cm³/mol. The van der Waals surface area contributed by atoms with E-state index in [-0.39, 0.29) is 32.6 Å². The van der Waals surface area contributed by atoms with Gasteiger partial charge in [0, 0.05) is 43.0 Å². The molecule has 5 heteroatoms. The van der Waals surface area contributed by atoms with Crippen molar-refractivity contribution >= 4 is 21.8 Å². The van der Waals surface area contributed by atoms with E-state index in [4.69, 9.17) is 9.97 Å². The zero-order valence-corrected chi connectivity index (χ0v) is 17.5. The molecule has 0 atom stereocenters. The molecule has 0 radical (unpaired) electrons. The Bertz CT molecular complexity index is 1250. The third kappa shape index (κ3) is 3.37. The van der Waals surface area contributed by atoms with Crippen molar-refractivity contribution in [1.29, 1.82) is 0 Å². The van der Waals surface area contributed by atoms with E-state index in [1.165, 1.54) is 0 Å². The summed E-state index contributed by atoms with van der Waals surface area (Å²) >= 11 is 0. The van der Waals surface area contributed by atoms with Crippen LogP contribution < -0.4 is 0 Å². The molecule has 5 rings (SSSR count). The molecule has 5 aromatic rings. The molecule has 0 saturated heterocycles. The normalized spacial score (nSPS) is 10.8. The zero-order chi connectivity index (χ0) is 19.1. The average molecular weight is 559 g/mol. The Morgan fingerprint density at radius 1 is 0.483 bits per heavy atom. The first-order valence-corrected chi connectivity index (χ1v) is 8.98. The van der Waals surface area contributed by atoms with E-state index in [0.29, 0.717) is 22.5 Å². The van der Waals surface area contributed by atoms with Gasteiger partial charge in [0.25, 0.3) is 0 Å². The SMILES string of the molecule is Oc1ccccc1-c1ccc2ccc3ccc(-c4ccccc4O)nc3c2n1.[Pt]. The van der Waals surface area contributed by atoms with Gasteiger partial charge in [-0.05, 0) is 36.4 Å². The van der Waals surface area contributed by atoms with E-state index < -0.39 is 0 Å². The minimum absolute atomic E-state index is 0. The zero-order valence-electron chi connectivity index (χ0n) is 15.2. The van der Waals surface area contributed by atoms with E-state index in [2.05, 4.69) is 0 Å². The number of hydrogen-bond acceptors (Lipinski definition) is 4. The molecule has 0 fully saturated rings. The quantitative estimate of drug-likeness (QED) is 0.280. The molecule has 0 amide bonds. The molecular weight excluding hydrogens is 543 g/mol. The van der Waals surface area contributed by atoms with Crippen LogP contribution in [0, 0.1) is 0 Å². The van der Waals surface area contributed by atoms with Gasteiger partial charge in [-0.3, -0.25) is 0 Å². The molecule has 0 saturated carbocycles. The van der Waals surface area contributed by atoms with Gasteiger partial charge in [-0.2, -0.15) is 0 Å². The Kier molecular flexibility index (Phi) is 5.04. The second kappa shape index (κ2) is 7.65. The largest absolute Gasteiger partial charge is 0.507 e. The number of phenolic OH excluding ortho intramolecular Hbond substituents is 2. The van der Waals surface area contributed by atoms with E-state index >= 15 is 0 Å². The van der Waals surface area contributed by atoms with E-state index in [1.54, 1.807) is 24.3 Å². The van der Waals surface area contributed by atoms with Crippen LogP contribution in [0.15, 0.2) is 84.9 Å². The maximum atomic E-state index is 10.2. The van der Waals surface area contributed by atoms with Crippen molar-refractivity contribution in [1.82, 2.24) is 9.97 Å². The van der Waals surface area contributed by atoms with Gasteiger partial charge in [0.1, 0.15) is 11.5 Å². The minimum atomic E-state index is 0. The van der Waals surface area contributed by atoms with Crippen LogP contribution in [0.25, 0.3) is 44.3 Å². The molecule has 2 N–H and O–H groups in total. The summed E-state index contributed by atoms with van der Waals surface area (Å²) in [7, 11) is 0. The Labute approximate surface area is 181 Å². The number of aromatic nitrogens is 2. The molecular formula is C24H16N2O2Pt. The van der Waals surface area contributed by atoms with Crippen LogP contribution >= 0.6 is 0 Å². The number of hydrogen-bond donors (Lipinski definition) is 2. The maximum absolute atomic E-state index is 10.2. The van der Waals surface area contributed by atoms with Crippen LogP contribution in [0.2, 0.25) is 0 Å². The van der Waals surface area contributed by atoms with Gasteiger partial charge in [0.15, 0.2) is 0 Å². The molecule has 0 aliphatic carbocycles. The van der Waals surface area contributed by atoms with Gasteiger partial charge in [0.2, 0.25) is 0 Å². The Morgan fingerprint density at radius 2 is 0.862 bits per heavy atom. The van der Waals surface area contributed by atoms with Crippen molar-refractivity contribution < 1.29 is 31.3 Å². The van der Waals surface area contributed by atoms with Crippen LogP contribution in [0.5, 0.6) is 11.5 Å². The molecule has 2 aromatic heterocycles. The molecule has 4 nitrogen and oxygen atoms in total. The number of benzene rings is 3. The summed E-state index contributed by atoms with van der Waals surface area (Å²) in [6.07, 6.45) is 0. The molecule has 0 unspecified atom stereocenters. The van der Waals surface area contributed by atoms with Crippen LogP contribution in [0.3, 0.4) is 0 Å². The number of nitrogens with zero attached hydrogens (tertiary/aromatic N) is 2. The van der Waals surface area contributed by atoms with Crippen LogP contribution in [-0.4, -0.2) is 20.2 Å². The fourth-order valence-electron chi connectivity index (χ4n) is 3.45. The maximum Gasteiger partial charge on any atom is 0.124 e. The van der Waals surface area contributed by atoms with Crippen LogP contribution in [0.1, 0.15) is 0 Å². The van der Waals surface area contributed by atoms with Crippen molar-refractivity contribution in [2.45, 2.75) is 0 Å². The standard InChI is InChI=1S/C24H16N2O2.Pt/c27-21-7-3-1-5-17(21)19-13-11-15-9-10-16-12-14-20(26-24(16)23(15)25-19)18-6-2-4-8-22(18)28;/h1-14,27-28H;. The smallest absolute Gasteiger partial charge is 0.124 e. The van der Waals surface area contributed by atoms with E-state index in [9.17, 15) is 10.2 Å². The molecule has 0 aliphatic heterocycles. The number of pyridine rings is 2. The first kappa shape index (κ1) is 19.1. The van der Waals surface area contributed by atoms with E-state index in [0.717, 1.165) is 21.8 Å². The Morgan fingerprint density at radius 3 is 1.28 bits per heavy atom. The summed E-state index contributed by atoms with van der Waals surface area (Å²) in [5.74, 6) is 0.384. The molecule has 0 bridgehead atoms. The second-order valence-electron chi connectivity index (χ2n) is 6.64. The summed E-state index contributed by atoms with van der Waals surface area (Å²) in [6, 6.07) is 26.1. The van der Waals surface area contributed by atoms with Crippen molar-refractivity contribution in [2.24, 2.45) is 0 Å². The van der Waals surface area contributed by atoms with Crippen LogP contribution in [0.4, 0.5) is 0 Å². The summed E-state index contributed by atoms with van der Waals surface area (Å²) < 4.78 is 0. The van der Waals surface area contributed by atoms with Gasteiger partial charge < -0.3 is 10.2 Å². The summed E-state index contributed by atoms with van der Waals surface area (Å²) in [5.41, 5.74) is 4.25. The Hall–Kier alpha value is -3.23. The van der Waals surface area contributed by atoms with Crippen molar-refractivity contribution in [2.75, 3.05) is 0 Å². The first-order chi connectivity index (χ1) is 13.7. The molecule has 2 heterocycles. The fraction of sp³-hybridized carbons (Fsp3) is 0. The predicted octanol–water partition coefficient (Wildman–Crippen LogP) is 5.53. The number of rotatable bonds is 2. The summed E-state index contributed by atoms with van der Waals surface area (Å²) in [5, 5.41) is 22.3. The molecule has 0 spiro atoms. The number of phenols is 2. The minimum Gasteiger partial charge on any atom is -0.507 e. The van der Waals surface area contributed by atoms with Crippen LogP contribution in [-0.2, 0) is 21.1 Å². The molecule has 3 aromatic carbocycles. The van der Waals surface area contributed by atoms with Gasteiger partial charge in [-0.25, -0.2) is 9.97 Å². The topological polar surface area (TPSA) is 66.2 Å². The van der Waals surface area contributed by atoms with Gasteiger partial charge in [-0.1, -0.05) is 48.5 Å². The number of aromatic hydroxyl groups is 2. The van der Waals surface area contributed by atoms with Gasteiger partial charge >= 0.3 is 0 Å². The molecule has 144 valence electrons. The van der Waals surface area contributed by atoms with Crippen molar-refractivity contribution in [3.8, 4) is 34.0 Å².